The van der Waals surface area contributed by atoms with Crippen molar-refractivity contribution in [2.24, 2.45) is 11.7 Å². The van der Waals surface area contributed by atoms with Crippen molar-refractivity contribution < 1.29 is 14.3 Å². The van der Waals surface area contributed by atoms with Crippen molar-refractivity contribution in [2.45, 2.75) is 38.5 Å². The van der Waals surface area contributed by atoms with E-state index in [1.807, 2.05) is 20.8 Å². The molecule has 0 aromatic heterocycles. The van der Waals surface area contributed by atoms with Gasteiger partial charge in [-0.2, -0.15) is 0 Å². The minimum Gasteiger partial charge on any atom is -0.467 e. The Bertz CT molecular complexity index is 274. The largest absolute Gasteiger partial charge is 0.467 e. The Morgan fingerprint density at radius 2 is 2.00 bits per heavy atom. The molecule has 0 radical (unpaired) electrons. The predicted octanol–water partition coefficient (Wildman–Crippen LogP) is 0.771. The fourth-order valence-corrected chi connectivity index (χ4v) is 1.95. The lowest BCUT2D eigenvalue weighted by atomic mass is 9.99. The molecule has 0 rings (SSSR count). The first-order valence-electron chi connectivity index (χ1n) is 6.15. The monoisotopic (exact) mass is 276 g/mol. The molecule has 0 saturated carbocycles. The van der Waals surface area contributed by atoms with Crippen LogP contribution in [-0.4, -0.2) is 42.6 Å². The maximum atomic E-state index is 11.7. The van der Waals surface area contributed by atoms with E-state index in [0.29, 0.717) is 12.3 Å². The summed E-state index contributed by atoms with van der Waals surface area (Å²) in [5.41, 5.74) is 5.47. The lowest BCUT2D eigenvalue weighted by Gasteiger charge is -2.22. The van der Waals surface area contributed by atoms with Crippen LogP contribution in [0, 0.1) is 5.92 Å². The molecular formula is C12H24N2O3S. The lowest BCUT2D eigenvalue weighted by molar-refractivity contribution is -0.146. The molecule has 6 heteroatoms. The van der Waals surface area contributed by atoms with E-state index < -0.39 is 12.0 Å². The van der Waals surface area contributed by atoms with Crippen molar-refractivity contribution in [2.75, 3.05) is 19.4 Å². The van der Waals surface area contributed by atoms with Gasteiger partial charge in [0.15, 0.2) is 0 Å². The van der Waals surface area contributed by atoms with Gasteiger partial charge >= 0.3 is 5.97 Å². The van der Waals surface area contributed by atoms with Crippen molar-refractivity contribution in [3.63, 3.8) is 0 Å². The van der Waals surface area contributed by atoms with Crippen LogP contribution in [0.4, 0.5) is 0 Å². The van der Waals surface area contributed by atoms with Gasteiger partial charge < -0.3 is 15.8 Å². The van der Waals surface area contributed by atoms with Gasteiger partial charge in [0.25, 0.3) is 0 Å². The second kappa shape index (κ2) is 9.22. The Hall–Kier alpha value is -0.750. The molecule has 0 aromatic rings. The molecule has 18 heavy (non-hydrogen) atoms. The number of carbonyl (C=O) groups excluding carboxylic acids is 2. The highest BCUT2D eigenvalue weighted by Crippen LogP contribution is 2.11. The fourth-order valence-electron chi connectivity index (χ4n) is 1.30. The number of hydrogen-bond donors (Lipinski definition) is 2. The first-order valence-corrected chi connectivity index (χ1v) is 7.19. The third-order valence-electron chi connectivity index (χ3n) is 2.82. The summed E-state index contributed by atoms with van der Waals surface area (Å²) in [7, 11) is 1.33. The van der Waals surface area contributed by atoms with Crippen LogP contribution in [0.1, 0.15) is 27.2 Å². The van der Waals surface area contributed by atoms with E-state index in [-0.39, 0.29) is 17.1 Å². The van der Waals surface area contributed by atoms with Crippen LogP contribution in [-0.2, 0) is 14.3 Å². The first-order chi connectivity index (χ1) is 8.46. The van der Waals surface area contributed by atoms with Crippen LogP contribution in [0.3, 0.4) is 0 Å². The lowest BCUT2D eigenvalue weighted by Crippen LogP contribution is -2.46. The Balaban J connectivity index is 4.31. The summed E-state index contributed by atoms with van der Waals surface area (Å²) in [5.74, 6) is -0.189. The number of nitrogens with one attached hydrogen (secondary N) is 1. The number of rotatable bonds is 8. The minimum absolute atomic E-state index is 0.0540. The molecule has 0 spiro atoms. The highest BCUT2D eigenvalue weighted by Gasteiger charge is 2.26. The second-order valence-corrected chi connectivity index (χ2v) is 5.74. The molecule has 3 N–H and O–H groups in total. The molecule has 1 amide bonds. The predicted molar refractivity (Wildman–Crippen MR) is 74.4 cm³/mol. The van der Waals surface area contributed by atoms with Crippen LogP contribution in [0.15, 0.2) is 0 Å². The third-order valence-corrected chi connectivity index (χ3v) is 4.01. The van der Waals surface area contributed by atoms with E-state index in [2.05, 4.69) is 5.32 Å². The number of hydrogen-bond acceptors (Lipinski definition) is 5. The van der Waals surface area contributed by atoms with Gasteiger partial charge in [-0.25, -0.2) is 4.79 Å². The van der Waals surface area contributed by atoms with E-state index in [1.54, 1.807) is 0 Å². The van der Waals surface area contributed by atoms with Gasteiger partial charge in [-0.1, -0.05) is 27.2 Å². The van der Waals surface area contributed by atoms with Crippen LogP contribution >= 0.6 is 11.8 Å². The van der Waals surface area contributed by atoms with E-state index in [1.165, 1.54) is 18.9 Å². The molecule has 0 aromatic carbocycles. The van der Waals surface area contributed by atoms with Gasteiger partial charge in [0.2, 0.25) is 5.91 Å². The Morgan fingerprint density at radius 1 is 1.39 bits per heavy atom. The Labute approximate surface area is 113 Å². The van der Waals surface area contributed by atoms with E-state index in [9.17, 15) is 9.59 Å². The fraction of sp³-hybridized carbons (Fsp3) is 0.833. The average molecular weight is 276 g/mol. The number of amides is 1. The van der Waals surface area contributed by atoms with Crippen LogP contribution < -0.4 is 11.1 Å². The summed E-state index contributed by atoms with van der Waals surface area (Å²) < 4.78 is 4.70. The van der Waals surface area contributed by atoms with Gasteiger partial charge in [0.05, 0.1) is 12.9 Å². The molecule has 3 atom stereocenters. The average Bonchev–Trinajstić information content (AvgIpc) is 2.40. The summed E-state index contributed by atoms with van der Waals surface area (Å²) in [6, 6.07) is -0.568. The number of nitrogens with two attached hydrogens (primary N) is 1. The second-order valence-electron chi connectivity index (χ2n) is 4.31. The van der Waals surface area contributed by atoms with Crippen LogP contribution in [0.25, 0.3) is 0 Å². The van der Waals surface area contributed by atoms with Gasteiger partial charge in [-0.15, -0.1) is 11.8 Å². The van der Waals surface area contributed by atoms with Gasteiger partial charge in [-0.05, 0) is 5.92 Å². The smallest absolute Gasteiger partial charge is 0.328 e. The SMILES string of the molecule is CCC(C)C(NC(=O)CSC(C)CN)C(=O)OC. The first kappa shape index (κ1) is 17.2. The third kappa shape index (κ3) is 6.26. The number of carbonyl (C=O) groups is 2. The molecule has 5 nitrogen and oxygen atoms in total. The summed E-state index contributed by atoms with van der Waals surface area (Å²) in [6.07, 6.45) is 0.798. The quantitative estimate of drug-likeness (QED) is 0.640. The van der Waals surface area contributed by atoms with Crippen LogP contribution in [0.2, 0.25) is 0 Å². The van der Waals surface area contributed by atoms with Crippen molar-refractivity contribution in [1.82, 2.24) is 5.32 Å². The molecule has 3 unspecified atom stereocenters. The van der Waals surface area contributed by atoms with Crippen molar-refractivity contribution in [1.29, 1.82) is 0 Å². The molecular weight excluding hydrogens is 252 g/mol. The van der Waals surface area contributed by atoms with E-state index in [4.69, 9.17) is 10.5 Å². The molecule has 0 aliphatic rings. The minimum atomic E-state index is -0.568. The zero-order chi connectivity index (χ0) is 14.1. The molecule has 0 aliphatic carbocycles. The summed E-state index contributed by atoms with van der Waals surface area (Å²) >= 11 is 1.48. The highest BCUT2D eigenvalue weighted by molar-refractivity contribution is 8.00. The van der Waals surface area contributed by atoms with Crippen molar-refractivity contribution in [3.05, 3.63) is 0 Å². The van der Waals surface area contributed by atoms with E-state index >= 15 is 0 Å². The molecule has 0 saturated heterocycles. The molecule has 0 aliphatic heterocycles. The van der Waals surface area contributed by atoms with Gasteiger partial charge in [-0.3, -0.25) is 4.79 Å². The van der Waals surface area contributed by atoms with Crippen molar-refractivity contribution in [3.8, 4) is 0 Å². The molecule has 0 fully saturated rings. The number of ether oxygens (including phenoxy) is 1. The number of methoxy groups -OCH3 is 1. The van der Waals surface area contributed by atoms with Gasteiger partial charge in [0, 0.05) is 11.8 Å². The molecule has 0 bridgehead atoms. The van der Waals surface area contributed by atoms with E-state index in [0.717, 1.165) is 6.42 Å². The molecule has 0 heterocycles. The zero-order valence-corrected chi connectivity index (χ0v) is 12.4. The molecule has 106 valence electrons. The maximum Gasteiger partial charge on any atom is 0.328 e. The highest BCUT2D eigenvalue weighted by atomic mass is 32.2. The zero-order valence-electron chi connectivity index (χ0n) is 11.6. The maximum absolute atomic E-state index is 11.7. The number of esters is 1. The summed E-state index contributed by atoms with van der Waals surface area (Å²) in [5, 5.41) is 2.96. The summed E-state index contributed by atoms with van der Waals surface area (Å²) in [4.78, 5) is 23.3. The Morgan fingerprint density at radius 3 is 2.44 bits per heavy atom. The normalized spacial score (nSPS) is 15.6. The summed E-state index contributed by atoms with van der Waals surface area (Å²) in [6.45, 7) is 6.38. The van der Waals surface area contributed by atoms with Crippen LogP contribution in [0.5, 0.6) is 0 Å². The van der Waals surface area contributed by atoms with Gasteiger partial charge in [0.1, 0.15) is 6.04 Å². The topological polar surface area (TPSA) is 81.4 Å². The van der Waals surface area contributed by atoms with Crippen molar-refractivity contribution >= 4 is 23.6 Å². The number of thioether (sulfide) groups is 1. The standard InChI is InChI=1S/C12H24N2O3S/c1-5-8(2)11(12(16)17-4)14-10(15)7-18-9(3)6-13/h8-9,11H,5-7,13H2,1-4H3,(H,14,15). The Kier molecular flexibility index (Phi) is 8.83.